The predicted octanol–water partition coefficient (Wildman–Crippen LogP) is 5.25. The summed E-state index contributed by atoms with van der Waals surface area (Å²) in [5, 5.41) is 0. The number of carbonyl (C=O) groups excluding carboxylic acids is 1. The zero-order chi connectivity index (χ0) is 22.8. The normalized spacial score (nSPS) is 16.2. The van der Waals surface area contributed by atoms with Crippen LogP contribution in [0.3, 0.4) is 0 Å². The quantitative estimate of drug-likeness (QED) is 0.405. The molecule has 0 radical (unpaired) electrons. The second kappa shape index (κ2) is 9.23. The zero-order valence-corrected chi connectivity index (χ0v) is 19.0. The van der Waals surface area contributed by atoms with E-state index in [4.69, 9.17) is 4.42 Å². The minimum Gasteiger partial charge on any atom is -0.445 e. The lowest BCUT2D eigenvalue weighted by Gasteiger charge is -2.31. The molecule has 1 fully saturated rings. The Kier molecular flexibility index (Phi) is 6.00. The molecule has 1 amide bonds. The second-order valence-corrected chi connectivity index (χ2v) is 9.11. The molecule has 0 spiro atoms. The fraction of sp³-hybridized carbons (Fsp3) is 0.280. The Hall–Kier alpha value is -3.39. The van der Waals surface area contributed by atoms with Crippen molar-refractivity contribution < 1.29 is 13.6 Å². The first-order valence-electron chi connectivity index (χ1n) is 10.9. The summed E-state index contributed by atoms with van der Waals surface area (Å²) in [5.74, 6) is 1.15. The third-order valence-electron chi connectivity index (χ3n) is 5.91. The minimum atomic E-state index is -0.257. The molecule has 1 unspecified atom stereocenters. The lowest BCUT2D eigenvalue weighted by atomic mass is 9.97. The number of hydrogen-bond donors (Lipinski definition) is 0. The van der Waals surface area contributed by atoms with Gasteiger partial charge in [-0.15, -0.1) is 11.3 Å². The Morgan fingerprint density at radius 1 is 1.15 bits per heavy atom. The molecule has 0 N–H and O–H groups in total. The van der Waals surface area contributed by atoms with E-state index in [0.29, 0.717) is 31.0 Å². The number of pyridine rings is 1. The summed E-state index contributed by atoms with van der Waals surface area (Å²) in [6.45, 7) is 3.22. The Morgan fingerprint density at radius 3 is 2.73 bits per heavy atom. The van der Waals surface area contributed by atoms with Crippen molar-refractivity contribution in [3.05, 3.63) is 88.6 Å². The molecule has 4 heterocycles. The molecule has 1 aromatic carbocycles. The van der Waals surface area contributed by atoms with Crippen LogP contribution in [0.4, 0.5) is 4.39 Å². The lowest BCUT2D eigenvalue weighted by Crippen LogP contribution is -2.39. The molecule has 168 valence electrons. The molecule has 1 atom stereocenters. The molecule has 0 aliphatic carbocycles. The van der Waals surface area contributed by atoms with Crippen LogP contribution in [0.5, 0.6) is 0 Å². The zero-order valence-electron chi connectivity index (χ0n) is 18.2. The lowest BCUT2D eigenvalue weighted by molar-refractivity contribution is 0.0697. The maximum atomic E-state index is 13.1. The third kappa shape index (κ3) is 4.71. The topological polar surface area (TPSA) is 72.1 Å². The van der Waals surface area contributed by atoms with Crippen LogP contribution in [-0.4, -0.2) is 38.8 Å². The van der Waals surface area contributed by atoms with Crippen molar-refractivity contribution in [2.24, 2.45) is 0 Å². The maximum Gasteiger partial charge on any atom is 0.255 e. The van der Waals surface area contributed by atoms with E-state index in [1.165, 1.54) is 12.1 Å². The highest BCUT2D eigenvalue weighted by Crippen LogP contribution is 2.29. The van der Waals surface area contributed by atoms with E-state index in [1.54, 1.807) is 41.4 Å². The number of rotatable bonds is 5. The number of nitrogens with zero attached hydrogens (tertiary/aromatic N) is 4. The number of aromatic nitrogens is 3. The van der Waals surface area contributed by atoms with Crippen molar-refractivity contribution in [2.45, 2.75) is 32.1 Å². The monoisotopic (exact) mass is 462 g/mol. The fourth-order valence-electron chi connectivity index (χ4n) is 4.14. The van der Waals surface area contributed by atoms with Gasteiger partial charge in [0, 0.05) is 25.7 Å². The molecule has 33 heavy (non-hydrogen) atoms. The van der Waals surface area contributed by atoms with Gasteiger partial charge in [0.05, 0.1) is 39.5 Å². The molecule has 5 rings (SSSR count). The van der Waals surface area contributed by atoms with Crippen molar-refractivity contribution in [1.29, 1.82) is 0 Å². The summed E-state index contributed by atoms with van der Waals surface area (Å²) < 4.78 is 19.1. The van der Waals surface area contributed by atoms with Crippen LogP contribution in [0.15, 0.2) is 58.7 Å². The molecular weight excluding hydrogens is 439 g/mol. The number of piperidine rings is 1. The van der Waals surface area contributed by atoms with E-state index in [9.17, 15) is 9.18 Å². The summed E-state index contributed by atoms with van der Waals surface area (Å²) in [6.07, 6.45) is 5.73. The van der Waals surface area contributed by atoms with E-state index >= 15 is 0 Å². The maximum absolute atomic E-state index is 13.1. The standard InChI is InChI=1S/C25H23FN4O2S/c1-16-23(33-15-29-16)22-9-6-18(12-27-22)25(31)30-10-2-3-19(14-30)24-28-13-21(32-24)11-17-4-7-20(26)8-5-17/h4-9,12-13,15,19H,2-3,10-11,14H2,1H3. The molecule has 1 aliphatic rings. The van der Waals surface area contributed by atoms with Gasteiger partial charge in [0.1, 0.15) is 11.6 Å². The number of carbonyl (C=O) groups is 1. The summed E-state index contributed by atoms with van der Waals surface area (Å²) in [5.41, 5.74) is 5.11. The van der Waals surface area contributed by atoms with E-state index in [-0.39, 0.29) is 17.6 Å². The Bertz CT molecular complexity index is 1250. The molecule has 8 heteroatoms. The number of oxazole rings is 1. The minimum absolute atomic E-state index is 0.0298. The fourth-order valence-corrected chi connectivity index (χ4v) is 4.93. The van der Waals surface area contributed by atoms with Crippen LogP contribution in [-0.2, 0) is 6.42 Å². The number of hydrogen-bond acceptors (Lipinski definition) is 6. The van der Waals surface area contributed by atoms with Gasteiger partial charge in [0.2, 0.25) is 0 Å². The van der Waals surface area contributed by atoms with E-state index in [1.807, 2.05) is 24.0 Å². The number of halogens is 1. The first-order chi connectivity index (χ1) is 16.1. The second-order valence-electron chi connectivity index (χ2n) is 8.26. The number of benzene rings is 1. The van der Waals surface area contributed by atoms with Crippen LogP contribution in [0, 0.1) is 12.7 Å². The van der Waals surface area contributed by atoms with Gasteiger partial charge in [-0.2, -0.15) is 0 Å². The molecule has 0 bridgehead atoms. The van der Waals surface area contributed by atoms with E-state index in [0.717, 1.165) is 40.4 Å². The van der Waals surface area contributed by atoms with Crippen LogP contribution in [0.25, 0.3) is 10.6 Å². The molecular formula is C25H23FN4O2S. The van der Waals surface area contributed by atoms with Gasteiger partial charge in [-0.25, -0.2) is 14.4 Å². The SMILES string of the molecule is Cc1ncsc1-c1ccc(C(=O)N2CCCC(c3ncc(Cc4ccc(F)cc4)o3)C2)cn1. The predicted molar refractivity (Wildman–Crippen MR) is 124 cm³/mol. The summed E-state index contributed by atoms with van der Waals surface area (Å²) >= 11 is 1.54. The molecule has 6 nitrogen and oxygen atoms in total. The first-order valence-corrected chi connectivity index (χ1v) is 11.8. The van der Waals surface area contributed by atoms with Gasteiger partial charge in [-0.05, 0) is 49.6 Å². The highest BCUT2D eigenvalue weighted by Gasteiger charge is 2.28. The van der Waals surface area contributed by atoms with E-state index in [2.05, 4.69) is 15.0 Å². The van der Waals surface area contributed by atoms with Crippen LogP contribution in [0.2, 0.25) is 0 Å². The van der Waals surface area contributed by atoms with Gasteiger partial charge in [0.25, 0.3) is 5.91 Å². The average molecular weight is 463 g/mol. The first kappa shape index (κ1) is 21.5. The van der Waals surface area contributed by atoms with Gasteiger partial charge in [0.15, 0.2) is 5.89 Å². The van der Waals surface area contributed by atoms with Crippen molar-refractivity contribution in [3.8, 4) is 10.6 Å². The number of likely N-dealkylation sites (tertiary alicyclic amines) is 1. The Morgan fingerprint density at radius 2 is 2.00 bits per heavy atom. The van der Waals surface area contributed by atoms with Gasteiger partial charge in [-0.1, -0.05) is 12.1 Å². The highest BCUT2D eigenvalue weighted by molar-refractivity contribution is 7.13. The van der Waals surface area contributed by atoms with E-state index < -0.39 is 0 Å². The Balaban J connectivity index is 1.25. The molecule has 4 aromatic rings. The average Bonchev–Trinajstić information content (AvgIpc) is 3.49. The van der Waals surface area contributed by atoms with Crippen LogP contribution in [0.1, 0.15) is 52.0 Å². The van der Waals surface area contributed by atoms with Crippen molar-refractivity contribution >= 4 is 17.2 Å². The smallest absolute Gasteiger partial charge is 0.255 e. The number of thiazole rings is 1. The van der Waals surface area contributed by atoms with Gasteiger partial charge in [-0.3, -0.25) is 9.78 Å². The summed E-state index contributed by atoms with van der Waals surface area (Å²) in [7, 11) is 0. The van der Waals surface area contributed by atoms with Crippen LogP contribution >= 0.6 is 11.3 Å². The summed E-state index contributed by atoms with van der Waals surface area (Å²) in [6, 6.07) is 10.1. The Labute approximate surface area is 195 Å². The van der Waals surface area contributed by atoms with Gasteiger partial charge >= 0.3 is 0 Å². The number of amides is 1. The largest absolute Gasteiger partial charge is 0.445 e. The van der Waals surface area contributed by atoms with Crippen LogP contribution < -0.4 is 0 Å². The molecule has 3 aromatic heterocycles. The molecule has 1 aliphatic heterocycles. The summed E-state index contributed by atoms with van der Waals surface area (Å²) in [4.78, 5) is 29.2. The van der Waals surface area contributed by atoms with Gasteiger partial charge < -0.3 is 9.32 Å². The third-order valence-corrected chi connectivity index (χ3v) is 6.86. The highest BCUT2D eigenvalue weighted by atomic mass is 32.1. The van der Waals surface area contributed by atoms with Crippen molar-refractivity contribution in [2.75, 3.05) is 13.1 Å². The number of aryl methyl sites for hydroxylation is 1. The van der Waals surface area contributed by atoms with Crippen molar-refractivity contribution in [1.82, 2.24) is 19.9 Å². The molecule has 1 saturated heterocycles. The molecule has 0 saturated carbocycles. The van der Waals surface area contributed by atoms with Crippen molar-refractivity contribution in [3.63, 3.8) is 0 Å².